The number of amides is 1. The fourth-order valence-corrected chi connectivity index (χ4v) is 3.51. The largest absolute Gasteiger partial charge is 0.497 e. The van der Waals surface area contributed by atoms with Crippen molar-refractivity contribution in [2.24, 2.45) is 0 Å². The summed E-state index contributed by atoms with van der Waals surface area (Å²) in [5.74, 6) is 1.14. The fourth-order valence-electron chi connectivity index (χ4n) is 3.51. The van der Waals surface area contributed by atoms with E-state index < -0.39 is 0 Å². The summed E-state index contributed by atoms with van der Waals surface area (Å²) in [5.41, 5.74) is 0.194. The average molecular weight is 321 g/mol. The predicted octanol–water partition coefficient (Wildman–Crippen LogP) is 1.72. The number of carbonyl (C=O) groups is 1. The highest BCUT2D eigenvalue weighted by Crippen LogP contribution is 2.37. The van der Waals surface area contributed by atoms with Crippen LogP contribution in [0.3, 0.4) is 0 Å². The lowest BCUT2D eigenvalue weighted by Crippen LogP contribution is -2.42. The zero-order valence-electron chi connectivity index (χ0n) is 13.8. The number of rotatable bonds is 4. The minimum absolute atomic E-state index is 0.0587. The monoisotopic (exact) mass is 321 g/mol. The van der Waals surface area contributed by atoms with Crippen molar-refractivity contribution in [1.82, 2.24) is 4.90 Å². The van der Waals surface area contributed by atoms with Gasteiger partial charge in [-0.2, -0.15) is 0 Å². The van der Waals surface area contributed by atoms with E-state index in [-0.39, 0.29) is 17.6 Å². The summed E-state index contributed by atoms with van der Waals surface area (Å²) in [7, 11) is 4.82. The van der Waals surface area contributed by atoms with Crippen LogP contribution < -0.4 is 9.47 Å². The molecule has 1 aromatic rings. The first-order valence-electron chi connectivity index (χ1n) is 7.81. The van der Waals surface area contributed by atoms with Gasteiger partial charge in [-0.05, 0) is 25.0 Å². The molecular weight excluding hydrogens is 298 g/mol. The zero-order valence-corrected chi connectivity index (χ0v) is 13.8. The molecule has 1 aromatic carbocycles. The normalized spacial score (nSPS) is 26.7. The van der Waals surface area contributed by atoms with E-state index >= 15 is 0 Å². The minimum Gasteiger partial charge on any atom is -0.497 e. The molecule has 2 fully saturated rings. The van der Waals surface area contributed by atoms with E-state index in [2.05, 4.69) is 0 Å². The van der Waals surface area contributed by atoms with Crippen LogP contribution in [0.5, 0.6) is 11.5 Å². The Balaban J connectivity index is 1.83. The van der Waals surface area contributed by atoms with Crippen LogP contribution in [0.4, 0.5) is 0 Å². The van der Waals surface area contributed by atoms with Crippen LogP contribution in [0.25, 0.3) is 0 Å². The van der Waals surface area contributed by atoms with Gasteiger partial charge in [-0.3, -0.25) is 4.79 Å². The summed E-state index contributed by atoms with van der Waals surface area (Å²) >= 11 is 0. The van der Waals surface area contributed by atoms with Crippen LogP contribution in [0, 0.1) is 0 Å². The molecule has 6 nitrogen and oxygen atoms in total. The Labute approximate surface area is 136 Å². The quantitative estimate of drug-likeness (QED) is 0.845. The molecule has 2 heterocycles. The lowest BCUT2D eigenvalue weighted by atomic mass is 9.96. The highest BCUT2D eigenvalue weighted by molar-refractivity contribution is 5.95. The summed E-state index contributed by atoms with van der Waals surface area (Å²) in [4.78, 5) is 14.7. The van der Waals surface area contributed by atoms with Crippen LogP contribution in [-0.2, 0) is 9.47 Å². The fraction of sp³-hybridized carbons (Fsp3) is 0.588. The van der Waals surface area contributed by atoms with Crippen LogP contribution in [0.1, 0.15) is 23.2 Å². The molecule has 0 aromatic heterocycles. The Morgan fingerprint density at radius 1 is 1.22 bits per heavy atom. The molecule has 1 spiro atoms. The maximum Gasteiger partial charge on any atom is 0.254 e. The van der Waals surface area contributed by atoms with Crippen molar-refractivity contribution in [1.29, 1.82) is 0 Å². The first kappa shape index (κ1) is 16.1. The summed E-state index contributed by atoms with van der Waals surface area (Å²) in [6.07, 6.45) is 1.85. The van der Waals surface area contributed by atoms with Gasteiger partial charge >= 0.3 is 0 Å². The van der Waals surface area contributed by atoms with Gasteiger partial charge in [0.05, 0.1) is 27.3 Å². The first-order valence-corrected chi connectivity index (χ1v) is 7.81. The number of hydrogen-bond acceptors (Lipinski definition) is 5. The number of methoxy groups -OCH3 is 3. The molecule has 2 aliphatic rings. The Morgan fingerprint density at radius 3 is 2.43 bits per heavy atom. The second-order valence-corrected chi connectivity index (χ2v) is 6.03. The third-order valence-corrected chi connectivity index (χ3v) is 4.74. The van der Waals surface area contributed by atoms with Crippen LogP contribution in [-0.4, -0.2) is 63.5 Å². The van der Waals surface area contributed by atoms with Crippen molar-refractivity contribution in [3.63, 3.8) is 0 Å². The molecule has 0 unspecified atom stereocenters. The van der Waals surface area contributed by atoms with Gasteiger partial charge in [0.2, 0.25) is 0 Å². The van der Waals surface area contributed by atoms with Crippen molar-refractivity contribution in [2.75, 3.05) is 41.0 Å². The lowest BCUT2D eigenvalue weighted by molar-refractivity contribution is -0.0754. The standard InChI is InChI=1S/C17H23NO5/c1-20-13-7-12(8-14(9-13)21-2)16(19)18-10-15(22-3)17(11-18)5-4-6-23-17/h7-9,15H,4-6,10-11H2,1-3H3/t15-,17-/m0/s1. The van der Waals surface area contributed by atoms with E-state index in [9.17, 15) is 4.79 Å². The average Bonchev–Trinajstić information content (AvgIpc) is 3.21. The van der Waals surface area contributed by atoms with Crippen molar-refractivity contribution in [3.8, 4) is 11.5 Å². The predicted molar refractivity (Wildman–Crippen MR) is 84.2 cm³/mol. The number of benzene rings is 1. The van der Waals surface area contributed by atoms with E-state index in [1.807, 2.05) is 0 Å². The van der Waals surface area contributed by atoms with Gasteiger partial charge in [0, 0.05) is 25.3 Å². The number of ether oxygens (including phenoxy) is 4. The summed E-state index contributed by atoms with van der Waals surface area (Å²) in [5, 5.41) is 0. The van der Waals surface area contributed by atoms with E-state index in [0.29, 0.717) is 30.2 Å². The van der Waals surface area contributed by atoms with Gasteiger partial charge in [0.1, 0.15) is 23.2 Å². The molecule has 0 aliphatic carbocycles. The third-order valence-electron chi connectivity index (χ3n) is 4.74. The SMILES string of the molecule is COc1cc(OC)cc(C(=O)N2C[C@H](OC)[C@]3(CCCO3)C2)c1. The molecule has 23 heavy (non-hydrogen) atoms. The Hall–Kier alpha value is -1.79. The van der Waals surface area contributed by atoms with E-state index in [1.165, 1.54) is 0 Å². The molecule has 1 amide bonds. The number of carbonyl (C=O) groups excluding carboxylic acids is 1. The second kappa shape index (κ2) is 6.37. The van der Waals surface area contributed by atoms with Gasteiger partial charge in [0.25, 0.3) is 5.91 Å². The number of nitrogens with zero attached hydrogens (tertiary/aromatic N) is 1. The van der Waals surface area contributed by atoms with E-state index in [0.717, 1.165) is 19.4 Å². The molecule has 2 atom stereocenters. The highest BCUT2D eigenvalue weighted by Gasteiger charge is 2.51. The maximum absolute atomic E-state index is 12.9. The first-order chi connectivity index (χ1) is 11.1. The van der Waals surface area contributed by atoms with Gasteiger partial charge in [-0.1, -0.05) is 0 Å². The van der Waals surface area contributed by atoms with E-state index in [1.54, 1.807) is 44.4 Å². The minimum atomic E-state index is -0.354. The number of hydrogen-bond donors (Lipinski definition) is 0. The maximum atomic E-state index is 12.9. The molecular formula is C17H23NO5. The molecule has 2 aliphatic heterocycles. The molecule has 126 valence electrons. The Morgan fingerprint density at radius 2 is 1.91 bits per heavy atom. The summed E-state index contributed by atoms with van der Waals surface area (Å²) in [6, 6.07) is 5.21. The molecule has 3 rings (SSSR count). The molecule has 0 bridgehead atoms. The zero-order chi connectivity index (χ0) is 16.4. The van der Waals surface area contributed by atoms with Crippen molar-refractivity contribution < 1.29 is 23.7 Å². The van der Waals surface area contributed by atoms with Crippen LogP contribution >= 0.6 is 0 Å². The van der Waals surface area contributed by atoms with Crippen molar-refractivity contribution in [3.05, 3.63) is 23.8 Å². The van der Waals surface area contributed by atoms with Crippen LogP contribution in [0.2, 0.25) is 0 Å². The van der Waals surface area contributed by atoms with E-state index in [4.69, 9.17) is 18.9 Å². The van der Waals surface area contributed by atoms with Gasteiger partial charge in [0.15, 0.2) is 0 Å². The highest BCUT2D eigenvalue weighted by atomic mass is 16.6. The van der Waals surface area contributed by atoms with Gasteiger partial charge < -0.3 is 23.8 Å². The third kappa shape index (κ3) is 2.88. The van der Waals surface area contributed by atoms with Crippen LogP contribution in [0.15, 0.2) is 18.2 Å². The molecule has 2 saturated heterocycles. The topological polar surface area (TPSA) is 57.2 Å². The molecule has 0 radical (unpaired) electrons. The van der Waals surface area contributed by atoms with Crippen molar-refractivity contribution >= 4 is 5.91 Å². The second-order valence-electron chi connectivity index (χ2n) is 6.03. The Kier molecular flexibility index (Phi) is 4.46. The molecule has 6 heteroatoms. The van der Waals surface area contributed by atoms with Crippen molar-refractivity contribution in [2.45, 2.75) is 24.5 Å². The summed E-state index contributed by atoms with van der Waals surface area (Å²) < 4.78 is 22.0. The lowest BCUT2D eigenvalue weighted by Gasteiger charge is -2.27. The summed E-state index contributed by atoms with van der Waals surface area (Å²) in [6.45, 7) is 1.83. The smallest absolute Gasteiger partial charge is 0.254 e. The Bertz CT molecular complexity index is 560. The van der Waals surface area contributed by atoms with Gasteiger partial charge in [-0.15, -0.1) is 0 Å². The number of likely N-dealkylation sites (tertiary alicyclic amines) is 1. The molecule has 0 saturated carbocycles. The molecule has 0 N–H and O–H groups in total. The van der Waals surface area contributed by atoms with Gasteiger partial charge in [-0.25, -0.2) is 0 Å².